The van der Waals surface area contributed by atoms with E-state index >= 15 is 0 Å². The zero-order chi connectivity index (χ0) is 14.5. The van der Waals surface area contributed by atoms with Gasteiger partial charge in [0.1, 0.15) is 0 Å². The molecule has 0 saturated carbocycles. The molecule has 4 heteroatoms. The standard InChI is InChI=1S/C17H25BrN2S/c18-15-5-7-17(8-6-15)21-14-16(20-11-3-4-12-20)13-19-9-1-2-10-19/h5-8,16H,1-4,9-14H2. The summed E-state index contributed by atoms with van der Waals surface area (Å²) in [6, 6.07) is 9.47. The Balaban J connectivity index is 1.56. The molecule has 3 rings (SSSR count). The van der Waals surface area contributed by atoms with E-state index in [1.165, 1.54) is 73.5 Å². The van der Waals surface area contributed by atoms with Gasteiger partial charge in [-0.15, -0.1) is 11.8 Å². The molecular weight excluding hydrogens is 344 g/mol. The molecule has 0 N–H and O–H groups in total. The van der Waals surface area contributed by atoms with Crippen LogP contribution in [0, 0.1) is 0 Å². The Morgan fingerprint density at radius 1 is 0.952 bits per heavy atom. The molecule has 1 unspecified atom stereocenters. The van der Waals surface area contributed by atoms with Gasteiger partial charge in [-0.3, -0.25) is 4.90 Å². The summed E-state index contributed by atoms with van der Waals surface area (Å²) in [4.78, 5) is 6.79. The second-order valence-electron chi connectivity index (χ2n) is 6.17. The highest BCUT2D eigenvalue weighted by molar-refractivity contribution is 9.10. The third-order valence-electron chi connectivity index (χ3n) is 4.58. The van der Waals surface area contributed by atoms with Crippen LogP contribution in [0.15, 0.2) is 33.6 Å². The third-order valence-corrected chi connectivity index (χ3v) is 6.27. The third kappa shape index (κ3) is 4.72. The van der Waals surface area contributed by atoms with Gasteiger partial charge >= 0.3 is 0 Å². The lowest BCUT2D eigenvalue weighted by Gasteiger charge is -2.31. The first-order valence-corrected chi connectivity index (χ1v) is 9.94. The van der Waals surface area contributed by atoms with E-state index in [9.17, 15) is 0 Å². The van der Waals surface area contributed by atoms with Crippen LogP contribution in [0.4, 0.5) is 0 Å². The average Bonchev–Trinajstić information content (AvgIpc) is 3.18. The number of thioether (sulfide) groups is 1. The maximum Gasteiger partial charge on any atom is 0.0317 e. The van der Waals surface area contributed by atoms with Crippen molar-refractivity contribution >= 4 is 27.7 Å². The van der Waals surface area contributed by atoms with Crippen LogP contribution in [0.1, 0.15) is 25.7 Å². The Hall–Kier alpha value is -0.0300. The van der Waals surface area contributed by atoms with Crippen molar-refractivity contribution in [2.75, 3.05) is 38.5 Å². The van der Waals surface area contributed by atoms with Gasteiger partial charge in [0, 0.05) is 27.7 Å². The first kappa shape index (κ1) is 15.9. The second-order valence-corrected chi connectivity index (χ2v) is 8.18. The fourth-order valence-electron chi connectivity index (χ4n) is 3.37. The van der Waals surface area contributed by atoms with E-state index in [1.54, 1.807) is 0 Å². The van der Waals surface area contributed by atoms with E-state index < -0.39 is 0 Å². The van der Waals surface area contributed by atoms with Crippen molar-refractivity contribution in [3.8, 4) is 0 Å². The van der Waals surface area contributed by atoms with Gasteiger partial charge in [0.25, 0.3) is 0 Å². The number of halogens is 1. The summed E-state index contributed by atoms with van der Waals surface area (Å²) in [5, 5.41) is 0. The molecule has 2 aliphatic rings. The fourth-order valence-corrected chi connectivity index (χ4v) is 4.66. The van der Waals surface area contributed by atoms with E-state index in [2.05, 4.69) is 50.0 Å². The summed E-state index contributed by atoms with van der Waals surface area (Å²) >= 11 is 5.53. The van der Waals surface area contributed by atoms with Gasteiger partial charge in [-0.2, -0.15) is 0 Å². The minimum Gasteiger partial charge on any atom is -0.302 e. The Labute approximate surface area is 141 Å². The van der Waals surface area contributed by atoms with Gasteiger partial charge in [0.15, 0.2) is 0 Å². The summed E-state index contributed by atoms with van der Waals surface area (Å²) in [5.41, 5.74) is 0. The maximum atomic E-state index is 3.51. The lowest BCUT2D eigenvalue weighted by atomic mass is 10.2. The molecule has 116 valence electrons. The van der Waals surface area contributed by atoms with E-state index in [0.717, 1.165) is 6.04 Å². The maximum absolute atomic E-state index is 3.51. The van der Waals surface area contributed by atoms with Gasteiger partial charge in [0.05, 0.1) is 0 Å². The van der Waals surface area contributed by atoms with Gasteiger partial charge in [0.2, 0.25) is 0 Å². The summed E-state index contributed by atoms with van der Waals surface area (Å²) in [5.74, 6) is 1.22. The van der Waals surface area contributed by atoms with Crippen LogP contribution in [0.25, 0.3) is 0 Å². The van der Waals surface area contributed by atoms with Crippen molar-refractivity contribution in [3.63, 3.8) is 0 Å². The second kappa shape index (κ2) is 8.00. The predicted octanol–water partition coefficient (Wildman–Crippen LogP) is 4.10. The minimum absolute atomic E-state index is 0.722. The Bertz CT molecular complexity index is 425. The average molecular weight is 369 g/mol. The van der Waals surface area contributed by atoms with Gasteiger partial charge in [-0.1, -0.05) is 15.9 Å². The molecule has 0 aliphatic carbocycles. The lowest BCUT2D eigenvalue weighted by Crippen LogP contribution is -2.43. The molecule has 0 aromatic heterocycles. The van der Waals surface area contributed by atoms with Crippen LogP contribution in [0.2, 0.25) is 0 Å². The quantitative estimate of drug-likeness (QED) is 0.697. The normalized spacial score (nSPS) is 22.0. The molecule has 2 heterocycles. The molecule has 21 heavy (non-hydrogen) atoms. The van der Waals surface area contributed by atoms with Crippen molar-refractivity contribution in [1.29, 1.82) is 0 Å². The predicted molar refractivity (Wildman–Crippen MR) is 95.1 cm³/mol. The molecule has 0 bridgehead atoms. The summed E-state index contributed by atoms with van der Waals surface area (Å²) in [6.45, 7) is 6.50. The van der Waals surface area contributed by atoms with Crippen LogP contribution in [0.3, 0.4) is 0 Å². The molecule has 2 nitrogen and oxygen atoms in total. The number of hydrogen-bond acceptors (Lipinski definition) is 3. The first-order chi connectivity index (χ1) is 10.3. The van der Waals surface area contributed by atoms with Crippen molar-refractivity contribution in [2.45, 2.75) is 36.6 Å². The number of rotatable bonds is 6. The van der Waals surface area contributed by atoms with Gasteiger partial charge < -0.3 is 4.90 Å². The van der Waals surface area contributed by atoms with Gasteiger partial charge in [-0.25, -0.2) is 0 Å². The largest absolute Gasteiger partial charge is 0.302 e. The van der Waals surface area contributed by atoms with E-state index in [-0.39, 0.29) is 0 Å². The number of hydrogen-bond donors (Lipinski definition) is 0. The van der Waals surface area contributed by atoms with Crippen molar-refractivity contribution in [3.05, 3.63) is 28.7 Å². The zero-order valence-electron chi connectivity index (χ0n) is 12.6. The Morgan fingerprint density at radius 3 is 2.24 bits per heavy atom. The molecule has 2 fully saturated rings. The van der Waals surface area contributed by atoms with Crippen LogP contribution in [-0.4, -0.2) is 54.3 Å². The highest BCUT2D eigenvalue weighted by Gasteiger charge is 2.25. The van der Waals surface area contributed by atoms with E-state index in [0.29, 0.717) is 0 Å². The SMILES string of the molecule is Brc1ccc(SCC(CN2CCCC2)N2CCCC2)cc1. The number of nitrogens with zero attached hydrogens (tertiary/aromatic N) is 2. The molecule has 0 spiro atoms. The number of benzene rings is 1. The zero-order valence-corrected chi connectivity index (χ0v) is 15.0. The van der Waals surface area contributed by atoms with Crippen LogP contribution >= 0.6 is 27.7 Å². The lowest BCUT2D eigenvalue weighted by molar-refractivity contribution is 0.195. The summed E-state index contributed by atoms with van der Waals surface area (Å²) in [6.07, 6.45) is 5.57. The van der Waals surface area contributed by atoms with Crippen LogP contribution < -0.4 is 0 Å². The van der Waals surface area contributed by atoms with Crippen LogP contribution in [0.5, 0.6) is 0 Å². The molecule has 1 aromatic rings. The van der Waals surface area contributed by atoms with Crippen LogP contribution in [-0.2, 0) is 0 Å². The fraction of sp³-hybridized carbons (Fsp3) is 0.647. The smallest absolute Gasteiger partial charge is 0.0317 e. The topological polar surface area (TPSA) is 6.48 Å². The molecule has 1 aromatic carbocycles. The first-order valence-electron chi connectivity index (χ1n) is 8.16. The molecule has 2 aliphatic heterocycles. The molecule has 0 amide bonds. The molecule has 2 saturated heterocycles. The van der Waals surface area contributed by atoms with Crippen molar-refractivity contribution in [2.24, 2.45) is 0 Å². The Kier molecular flexibility index (Phi) is 6.04. The van der Waals surface area contributed by atoms with E-state index in [4.69, 9.17) is 0 Å². The monoisotopic (exact) mass is 368 g/mol. The van der Waals surface area contributed by atoms with Crippen molar-refractivity contribution < 1.29 is 0 Å². The molecule has 0 radical (unpaired) electrons. The highest BCUT2D eigenvalue weighted by atomic mass is 79.9. The minimum atomic E-state index is 0.722. The summed E-state index contributed by atoms with van der Waals surface area (Å²) < 4.78 is 1.17. The highest BCUT2D eigenvalue weighted by Crippen LogP contribution is 2.25. The Morgan fingerprint density at radius 2 is 1.57 bits per heavy atom. The van der Waals surface area contributed by atoms with Gasteiger partial charge in [-0.05, 0) is 76.1 Å². The van der Waals surface area contributed by atoms with E-state index in [1.807, 2.05) is 11.8 Å². The van der Waals surface area contributed by atoms with Crippen molar-refractivity contribution in [1.82, 2.24) is 9.80 Å². The summed E-state index contributed by atoms with van der Waals surface area (Å²) in [7, 11) is 0. The number of likely N-dealkylation sites (tertiary alicyclic amines) is 2. The molecule has 1 atom stereocenters. The molecular formula is C17H25BrN2S.